The Labute approximate surface area is 246 Å². The summed E-state index contributed by atoms with van der Waals surface area (Å²) in [5.41, 5.74) is -0.463. The molecule has 1 atom stereocenters. The number of rotatable bonds is 7. The summed E-state index contributed by atoms with van der Waals surface area (Å²) in [6.45, 7) is 9.06. The highest BCUT2D eigenvalue weighted by Gasteiger charge is 2.36. The van der Waals surface area contributed by atoms with E-state index >= 15 is 8.78 Å². The summed E-state index contributed by atoms with van der Waals surface area (Å²) in [7, 11) is 0. The zero-order valence-electron chi connectivity index (χ0n) is 24.6. The molecule has 5 rings (SSSR count). The van der Waals surface area contributed by atoms with Crippen molar-refractivity contribution in [3.63, 3.8) is 0 Å². The Kier molecular flexibility index (Phi) is 7.43. The molecule has 0 fully saturated rings. The van der Waals surface area contributed by atoms with Crippen molar-refractivity contribution in [3.05, 3.63) is 71.2 Å². The Bertz CT molecular complexity index is 1750. The third-order valence-corrected chi connectivity index (χ3v) is 7.16. The lowest BCUT2D eigenvalue weighted by atomic mass is 10.0. The standard InChI is InChI=1S/C30H32F2N6O5/c1-15-23(37-12-19(20(31)9-24(37)35-15)18-10-33-28(34-11-18)30(5,6)42)13-38-22-8-17(26(40)36-29(3,4)14-39)7-21(32)25(22)43-16(2)27(38)41/h7-12,16,39,42H,13-14H2,1-6H3,(H,36,40). The third-order valence-electron chi connectivity index (χ3n) is 7.16. The van der Waals surface area contributed by atoms with Crippen molar-refractivity contribution in [1.82, 2.24) is 24.7 Å². The van der Waals surface area contributed by atoms with Crippen LogP contribution < -0.4 is 15.0 Å². The molecule has 1 aliphatic rings. The molecule has 11 nitrogen and oxygen atoms in total. The fourth-order valence-corrected chi connectivity index (χ4v) is 4.74. The van der Waals surface area contributed by atoms with Crippen molar-refractivity contribution in [2.24, 2.45) is 0 Å². The van der Waals surface area contributed by atoms with E-state index < -0.39 is 40.7 Å². The van der Waals surface area contributed by atoms with Crippen LogP contribution in [-0.2, 0) is 16.9 Å². The van der Waals surface area contributed by atoms with Crippen molar-refractivity contribution < 1.29 is 33.3 Å². The van der Waals surface area contributed by atoms with E-state index in [9.17, 15) is 19.8 Å². The van der Waals surface area contributed by atoms with Gasteiger partial charge >= 0.3 is 0 Å². The molecule has 1 unspecified atom stereocenters. The molecule has 0 saturated heterocycles. The molecule has 1 aromatic carbocycles. The summed E-state index contributed by atoms with van der Waals surface area (Å²) >= 11 is 0. The minimum absolute atomic E-state index is 0.0438. The average molecular weight is 595 g/mol. The zero-order valence-corrected chi connectivity index (χ0v) is 24.6. The van der Waals surface area contributed by atoms with Crippen molar-refractivity contribution >= 4 is 23.1 Å². The lowest BCUT2D eigenvalue weighted by molar-refractivity contribution is -0.125. The number of fused-ring (bicyclic) bond motifs is 2. The molecule has 0 spiro atoms. The monoisotopic (exact) mass is 594 g/mol. The Morgan fingerprint density at radius 1 is 1.12 bits per heavy atom. The van der Waals surface area contributed by atoms with Gasteiger partial charge in [-0.1, -0.05) is 0 Å². The molecule has 3 aromatic heterocycles. The van der Waals surface area contributed by atoms with Crippen LogP contribution in [0, 0.1) is 18.6 Å². The third kappa shape index (κ3) is 5.65. The van der Waals surface area contributed by atoms with Crippen LogP contribution in [0.25, 0.3) is 16.8 Å². The number of pyridine rings is 1. The molecule has 226 valence electrons. The van der Waals surface area contributed by atoms with Gasteiger partial charge in [0.1, 0.15) is 17.1 Å². The van der Waals surface area contributed by atoms with Crippen LogP contribution in [0.1, 0.15) is 62.2 Å². The van der Waals surface area contributed by atoms with Crippen LogP contribution in [0.3, 0.4) is 0 Å². The second-order valence-corrected chi connectivity index (χ2v) is 11.7. The molecule has 0 bridgehead atoms. The highest BCUT2D eigenvalue weighted by Crippen LogP contribution is 2.39. The number of ether oxygens (including phenoxy) is 1. The van der Waals surface area contributed by atoms with Gasteiger partial charge < -0.3 is 24.7 Å². The molecule has 3 N–H and O–H groups in total. The number of carbonyl (C=O) groups excluding carboxylic acids is 2. The van der Waals surface area contributed by atoms with Gasteiger partial charge in [0.15, 0.2) is 23.5 Å². The van der Waals surface area contributed by atoms with Gasteiger partial charge in [-0.25, -0.2) is 23.7 Å². The first-order chi connectivity index (χ1) is 20.1. The second-order valence-electron chi connectivity index (χ2n) is 11.7. The predicted molar refractivity (Wildman–Crippen MR) is 152 cm³/mol. The Hall–Kier alpha value is -4.49. The number of aliphatic hydroxyl groups excluding tert-OH is 1. The predicted octanol–water partition coefficient (Wildman–Crippen LogP) is 3.42. The molecule has 4 aromatic rings. The molecule has 0 radical (unpaired) electrons. The zero-order chi connectivity index (χ0) is 31.4. The van der Waals surface area contributed by atoms with Gasteiger partial charge in [0.25, 0.3) is 11.8 Å². The van der Waals surface area contributed by atoms with Crippen molar-refractivity contribution in [1.29, 1.82) is 0 Å². The first-order valence-corrected chi connectivity index (χ1v) is 13.6. The molecule has 4 heterocycles. The first kappa shape index (κ1) is 30.0. The minimum atomic E-state index is -1.27. The Balaban J connectivity index is 1.57. The van der Waals surface area contributed by atoms with Crippen LogP contribution >= 0.6 is 0 Å². The fraction of sp³-hybridized carbons (Fsp3) is 0.367. The summed E-state index contributed by atoms with van der Waals surface area (Å²) < 4.78 is 37.7. The summed E-state index contributed by atoms with van der Waals surface area (Å²) in [5, 5.41) is 22.3. The van der Waals surface area contributed by atoms with E-state index in [1.54, 1.807) is 25.2 Å². The minimum Gasteiger partial charge on any atom is -0.476 e. The van der Waals surface area contributed by atoms with Gasteiger partial charge in [0, 0.05) is 41.3 Å². The molecular weight excluding hydrogens is 562 g/mol. The van der Waals surface area contributed by atoms with Gasteiger partial charge in [-0.3, -0.25) is 14.5 Å². The molecule has 13 heteroatoms. The number of benzene rings is 1. The Morgan fingerprint density at radius 3 is 2.42 bits per heavy atom. The maximum Gasteiger partial charge on any atom is 0.268 e. The Morgan fingerprint density at radius 2 is 1.79 bits per heavy atom. The summed E-state index contributed by atoms with van der Waals surface area (Å²) in [6.07, 6.45) is 3.31. The van der Waals surface area contributed by atoms with Crippen molar-refractivity contribution in [3.8, 4) is 16.9 Å². The van der Waals surface area contributed by atoms with Crippen molar-refractivity contribution in [2.45, 2.75) is 65.3 Å². The highest BCUT2D eigenvalue weighted by atomic mass is 19.1. The van der Waals surface area contributed by atoms with Crippen LogP contribution in [0.2, 0.25) is 0 Å². The van der Waals surface area contributed by atoms with Crippen molar-refractivity contribution in [2.75, 3.05) is 11.5 Å². The quantitative estimate of drug-likeness (QED) is 0.296. The van der Waals surface area contributed by atoms with E-state index in [1.807, 2.05) is 0 Å². The summed E-state index contributed by atoms with van der Waals surface area (Å²) in [4.78, 5) is 40.4. The largest absolute Gasteiger partial charge is 0.476 e. The number of carbonyl (C=O) groups is 2. The van der Waals surface area contributed by atoms with E-state index in [0.717, 1.165) is 6.07 Å². The van der Waals surface area contributed by atoms with Gasteiger partial charge in [0.2, 0.25) is 0 Å². The van der Waals surface area contributed by atoms with E-state index in [1.165, 1.54) is 56.4 Å². The SMILES string of the molecule is Cc1nc2cc(F)c(-c3cnc(C(C)(C)O)nc3)cn2c1CN1C(=O)C(C)Oc2c(F)cc(C(=O)NC(C)(C)CO)cc21. The number of aliphatic hydroxyl groups is 2. The van der Waals surface area contributed by atoms with Gasteiger partial charge in [-0.05, 0) is 53.7 Å². The maximum atomic E-state index is 15.3. The number of anilines is 1. The van der Waals surface area contributed by atoms with Crippen LogP contribution in [-0.4, -0.2) is 59.6 Å². The van der Waals surface area contributed by atoms with E-state index in [0.29, 0.717) is 17.0 Å². The number of halogens is 2. The topological polar surface area (TPSA) is 142 Å². The highest BCUT2D eigenvalue weighted by molar-refractivity contribution is 6.02. The number of aromatic nitrogens is 4. The number of hydrogen-bond donors (Lipinski definition) is 3. The molecule has 0 aliphatic carbocycles. The molecule has 43 heavy (non-hydrogen) atoms. The smallest absolute Gasteiger partial charge is 0.268 e. The van der Waals surface area contributed by atoms with E-state index in [4.69, 9.17) is 4.74 Å². The lowest BCUT2D eigenvalue weighted by Crippen LogP contribution is -2.47. The summed E-state index contributed by atoms with van der Waals surface area (Å²) in [6, 6.07) is 3.62. The van der Waals surface area contributed by atoms with Gasteiger partial charge in [-0.2, -0.15) is 0 Å². The number of amides is 2. The fourth-order valence-electron chi connectivity index (χ4n) is 4.74. The average Bonchev–Trinajstić information content (AvgIpc) is 3.23. The molecule has 0 saturated carbocycles. The van der Waals surface area contributed by atoms with Crippen LogP contribution in [0.4, 0.5) is 14.5 Å². The normalized spacial score (nSPS) is 15.4. The lowest BCUT2D eigenvalue weighted by Gasteiger charge is -2.33. The maximum absolute atomic E-state index is 15.3. The van der Waals surface area contributed by atoms with E-state index in [2.05, 4.69) is 20.3 Å². The second kappa shape index (κ2) is 10.7. The van der Waals surface area contributed by atoms with Crippen LogP contribution in [0.5, 0.6) is 5.75 Å². The number of nitrogens with zero attached hydrogens (tertiary/aromatic N) is 5. The van der Waals surface area contributed by atoms with Gasteiger partial charge in [0.05, 0.1) is 35.8 Å². The van der Waals surface area contributed by atoms with Gasteiger partial charge in [-0.15, -0.1) is 0 Å². The number of imidazole rings is 1. The molecular formula is C30H32F2N6O5. The summed E-state index contributed by atoms with van der Waals surface area (Å²) in [5.74, 6) is -2.54. The molecule has 1 aliphatic heterocycles. The van der Waals surface area contributed by atoms with E-state index in [-0.39, 0.29) is 47.2 Å². The number of aryl methyl sites for hydroxylation is 1. The first-order valence-electron chi connectivity index (χ1n) is 13.6. The molecule has 2 amide bonds. The number of nitrogens with one attached hydrogen (secondary N) is 1. The number of hydrogen-bond acceptors (Lipinski definition) is 8. The van der Waals surface area contributed by atoms with Crippen LogP contribution in [0.15, 0.2) is 36.8 Å².